The zero-order valence-electron chi connectivity index (χ0n) is 28.2. The van der Waals surface area contributed by atoms with Crippen LogP contribution >= 0.6 is 15.9 Å². The largest absolute Gasteiger partial charge is 0.180 e. The van der Waals surface area contributed by atoms with E-state index in [-0.39, 0.29) is 0 Å². The summed E-state index contributed by atoms with van der Waals surface area (Å²) in [5, 5.41) is 10.8. The molecule has 0 saturated heterocycles. The summed E-state index contributed by atoms with van der Waals surface area (Å²) >= 11 is 4.51. The fraction of sp³-hybridized carbons (Fsp3) is 0. The van der Waals surface area contributed by atoms with Crippen LogP contribution < -0.4 is 41.5 Å². The molecule has 0 N–H and O–H groups in total. The minimum absolute atomic E-state index is 1.19. The molecule has 0 bridgehead atoms. The molecule has 244 valence electrons. The van der Waals surface area contributed by atoms with Crippen molar-refractivity contribution >= 4 is 73.6 Å². The van der Waals surface area contributed by atoms with Gasteiger partial charge in [-0.25, -0.2) is 0 Å². The maximum atomic E-state index is 4.51. The van der Waals surface area contributed by atoms with Crippen molar-refractivity contribution in [1.82, 2.24) is 0 Å². The standard InChI is InChI=1S/C48H37BrSi2/c49-48-46(50(40-24-10-2-11-25-40,41-26-12-3-13-27-41)42-28-14-4-15-29-42)36-39(38-22-8-1-9-23-38)37-47(48)51(43-30-16-5-17-31-43,44-32-18-6-19-33-44)45-34-20-7-21-35-45/h1-37H. The summed E-state index contributed by atoms with van der Waals surface area (Å²) in [6.45, 7) is 0. The van der Waals surface area contributed by atoms with Gasteiger partial charge in [0, 0.05) is 4.47 Å². The highest BCUT2D eigenvalue weighted by molar-refractivity contribution is 9.10. The summed E-state index contributed by atoms with van der Waals surface area (Å²) in [7, 11) is -5.89. The molecule has 0 heterocycles. The summed E-state index contributed by atoms with van der Waals surface area (Å²) in [6, 6.07) is 83.4. The summed E-state index contributed by atoms with van der Waals surface area (Å²) in [4.78, 5) is 0. The molecule has 0 aliphatic heterocycles. The van der Waals surface area contributed by atoms with Crippen LogP contribution in [0.1, 0.15) is 0 Å². The van der Waals surface area contributed by atoms with Crippen LogP contribution in [0.2, 0.25) is 0 Å². The minimum Gasteiger partial charge on any atom is -0.0623 e. The van der Waals surface area contributed by atoms with Gasteiger partial charge in [-0.15, -0.1) is 0 Å². The smallest absolute Gasteiger partial charge is 0.0623 e. The number of rotatable bonds is 9. The van der Waals surface area contributed by atoms with Gasteiger partial charge in [0.25, 0.3) is 0 Å². The molecule has 0 nitrogen and oxygen atoms in total. The molecule has 51 heavy (non-hydrogen) atoms. The molecular formula is C48H37BrSi2. The normalized spacial score (nSPS) is 11.6. The third-order valence-corrected chi connectivity index (χ3v) is 21.4. The number of hydrogen-bond donors (Lipinski definition) is 0. The van der Waals surface area contributed by atoms with E-state index in [0.29, 0.717) is 0 Å². The Morgan fingerprint density at radius 3 is 0.706 bits per heavy atom. The first-order chi connectivity index (χ1) is 25.2. The van der Waals surface area contributed by atoms with Gasteiger partial charge in [-0.05, 0) is 52.6 Å². The third-order valence-electron chi connectivity index (χ3n) is 10.2. The fourth-order valence-corrected chi connectivity index (χ4v) is 19.9. The highest BCUT2D eigenvalue weighted by atomic mass is 79.9. The highest BCUT2D eigenvalue weighted by Gasteiger charge is 2.48. The van der Waals surface area contributed by atoms with Gasteiger partial charge < -0.3 is 0 Å². The predicted molar refractivity (Wildman–Crippen MR) is 227 cm³/mol. The lowest BCUT2D eigenvalue weighted by Gasteiger charge is -2.40. The Morgan fingerprint density at radius 1 is 0.255 bits per heavy atom. The first kappa shape index (κ1) is 32.9. The van der Waals surface area contributed by atoms with Crippen molar-refractivity contribution in [3.05, 3.63) is 229 Å². The molecule has 8 rings (SSSR count). The van der Waals surface area contributed by atoms with E-state index >= 15 is 0 Å². The van der Waals surface area contributed by atoms with Crippen molar-refractivity contribution in [3.63, 3.8) is 0 Å². The molecule has 0 saturated carbocycles. The molecular weight excluding hydrogens is 713 g/mol. The second kappa shape index (κ2) is 14.5. The second-order valence-corrected chi connectivity index (χ2v) is 21.3. The molecule has 0 aromatic heterocycles. The van der Waals surface area contributed by atoms with Crippen molar-refractivity contribution in [1.29, 1.82) is 0 Å². The predicted octanol–water partition coefficient (Wildman–Crippen LogP) is 6.87. The summed E-state index contributed by atoms with van der Waals surface area (Å²) < 4.78 is 1.19. The lowest BCUT2D eigenvalue weighted by atomic mass is 10.1. The van der Waals surface area contributed by atoms with Crippen molar-refractivity contribution < 1.29 is 0 Å². The molecule has 0 spiro atoms. The van der Waals surface area contributed by atoms with Crippen molar-refractivity contribution in [3.8, 4) is 11.1 Å². The van der Waals surface area contributed by atoms with Crippen LogP contribution in [-0.2, 0) is 0 Å². The Bertz CT molecular complexity index is 1990. The van der Waals surface area contributed by atoms with E-state index in [2.05, 4.69) is 240 Å². The van der Waals surface area contributed by atoms with Crippen LogP contribution in [0.5, 0.6) is 0 Å². The van der Waals surface area contributed by atoms with E-state index in [1.54, 1.807) is 0 Å². The van der Waals surface area contributed by atoms with Crippen LogP contribution in [0.4, 0.5) is 0 Å². The molecule has 0 atom stereocenters. The summed E-state index contributed by atoms with van der Waals surface area (Å²) in [6.07, 6.45) is 0. The first-order valence-corrected chi connectivity index (χ1v) is 22.3. The van der Waals surface area contributed by atoms with Crippen molar-refractivity contribution in [2.75, 3.05) is 0 Å². The van der Waals surface area contributed by atoms with Gasteiger partial charge in [0.2, 0.25) is 0 Å². The van der Waals surface area contributed by atoms with Crippen molar-refractivity contribution in [2.24, 2.45) is 0 Å². The summed E-state index contributed by atoms with van der Waals surface area (Å²) in [5.41, 5.74) is 2.44. The van der Waals surface area contributed by atoms with Crippen LogP contribution in [-0.4, -0.2) is 16.1 Å². The first-order valence-electron chi connectivity index (χ1n) is 17.5. The molecule has 0 fully saturated rings. The lowest BCUT2D eigenvalue weighted by Crippen LogP contribution is -2.78. The molecule has 0 aliphatic carbocycles. The molecule has 0 amide bonds. The highest BCUT2D eigenvalue weighted by Crippen LogP contribution is 2.26. The van der Waals surface area contributed by atoms with E-state index in [0.717, 1.165) is 0 Å². The van der Waals surface area contributed by atoms with Crippen LogP contribution in [0.25, 0.3) is 11.1 Å². The van der Waals surface area contributed by atoms with E-state index in [1.165, 1.54) is 57.1 Å². The average molecular weight is 750 g/mol. The average Bonchev–Trinajstić information content (AvgIpc) is 3.22. The van der Waals surface area contributed by atoms with E-state index in [9.17, 15) is 0 Å². The van der Waals surface area contributed by atoms with Crippen molar-refractivity contribution in [2.45, 2.75) is 0 Å². The molecule has 0 unspecified atom stereocenters. The lowest BCUT2D eigenvalue weighted by molar-refractivity contribution is 1.61. The maximum absolute atomic E-state index is 4.51. The zero-order valence-corrected chi connectivity index (χ0v) is 31.8. The minimum atomic E-state index is -2.95. The van der Waals surface area contributed by atoms with Gasteiger partial charge in [-0.3, -0.25) is 0 Å². The quantitative estimate of drug-likeness (QED) is 0.112. The van der Waals surface area contributed by atoms with Crippen LogP contribution in [0.15, 0.2) is 229 Å². The topological polar surface area (TPSA) is 0 Å². The van der Waals surface area contributed by atoms with Gasteiger partial charge >= 0.3 is 0 Å². The van der Waals surface area contributed by atoms with E-state index in [4.69, 9.17) is 0 Å². The van der Waals surface area contributed by atoms with Gasteiger partial charge in [-0.2, -0.15) is 0 Å². The Morgan fingerprint density at radius 2 is 0.471 bits per heavy atom. The zero-order chi connectivity index (χ0) is 34.5. The van der Waals surface area contributed by atoms with Crippen LogP contribution in [0.3, 0.4) is 0 Å². The molecule has 8 aromatic carbocycles. The Hall–Kier alpha value is -5.33. The Kier molecular flexibility index (Phi) is 9.34. The third kappa shape index (κ3) is 5.78. The van der Waals surface area contributed by atoms with Gasteiger partial charge in [0.15, 0.2) is 16.1 Å². The van der Waals surface area contributed by atoms with Gasteiger partial charge in [0.05, 0.1) is 0 Å². The van der Waals surface area contributed by atoms with E-state index < -0.39 is 16.1 Å². The SMILES string of the molecule is Brc1c([Si](c2ccccc2)(c2ccccc2)c2ccccc2)cc(-c2ccccc2)cc1[Si](c1ccccc1)(c1ccccc1)c1ccccc1. The molecule has 0 radical (unpaired) electrons. The van der Waals surface area contributed by atoms with Gasteiger partial charge in [0.1, 0.15) is 0 Å². The van der Waals surface area contributed by atoms with E-state index in [1.807, 2.05) is 0 Å². The monoisotopic (exact) mass is 748 g/mol. The number of hydrogen-bond acceptors (Lipinski definition) is 0. The number of benzene rings is 8. The maximum Gasteiger partial charge on any atom is 0.180 e. The van der Waals surface area contributed by atoms with Gasteiger partial charge in [-0.1, -0.05) is 240 Å². The molecule has 8 aromatic rings. The fourth-order valence-electron chi connectivity index (χ4n) is 8.03. The van der Waals surface area contributed by atoms with Crippen LogP contribution in [0, 0.1) is 0 Å². The number of halogens is 1. The second-order valence-electron chi connectivity index (χ2n) is 12.9. The Labute approximate surface area is 311 Å². The Balaban J connectivity index is 1.61. The molecule has 0 aliphatic rings. The summed E-state index contributed by atoms with van der Waals surface area (Å²) in [5.74, 6) is 0. The molecule has 3 heteroatoms.